The molecule has 4 rings (SSSR count). The number of aliphatic hydroxyl groups is 1. The molecule has 0 amide bonds. The molecule has 3 saturated carbocycles. The summed E-state index contributed by atoms with van der Waals surface area (Å²) in [6, 6.07) is 0. The maximum Gasteiger partial charge on any atom is 0.155 e. The number of terminal acetylenes is 1. The molecule has 0 heterocycles. The third kappa shape index (κ3) is 2.02. The van der Waals surface area contributed by atoms with E-state index in [1.807, 2.05) is 6.08 Å². The number of halogens is 1. The van der Waals surface area contributed by atoms with Gasteiger partial charge in [-0.2, -0.15) is 0 Å². The Kier molecular flexibility index (Phi) is 3.49. The number of rotatable bonds is 0. The molecule has 3 fully saturated rings. The Balaban J connectivity index is 1.70. The van der Waals surface area contributed by atoms with E-state index in [0.29, 0.717) is 36.5 Å². The summed E-state index contributed by atoms with van der Waals surface area (Å²) in [6.45, 7) is 2.16. The lowest BCUT2D eigenvalue weighted by atomic mass is 9.50. The van der Waals surface area contributed by atoms with Crippen molar-refractivity contribution in [2.24, 2.45) is 29.1 Å². The minimum Gasteiger partial charge on any atom is -0.377 e. The Morgan fingerprint density at radius 3 is 2.87 bits per heavy atom. The molecule has 124 valence electrons. The van der Waals surface area contributed by atoms with Crippen LogP contribution in [0, 0.1) is 41.4 Å². The van der Waals surface area contributed by atoms with Gasteiger partial charge >= 0.3 is 0 Å². The average Bonchev–Trinajstić information content (AvgIpc) is 2.78. The molecule has 0 bridgehead atoms. The van der Waals surface area contributed by atoms with Crippen LogP contribution in [0.15, 0.2) is 11.6 Å². The van der Waals surface area contributed by atoms with Crippen LogP contribution in [0.2, 0.25) is 0 Å². The van der Waals surface area contributed by atoms with Crippen molar-refractivity contribution in [3.8, 4) is 12.3 Å². The lowest BCUT2D eigenvalue weighted by Gasteiger charge is -2.56. The zero-order valence-corrected chi connectivity index (χ0v) is 14.5. The van der Waals surface area contributed by atoms with Gasteiger partial charge in [0.05, 0.1) is 0 Å². The van der Waals surface area contributed by atoms with Crippen molar-refractivity contribution in [2.45, 2.75) is 62.8 Å². The van der Waals surface area contributed by atoms with Crippen molar-refractivity contribution >= 4 is 17.4 Å². The maximum atomic E-state index is 11.8. The van der Waals surface area contributed by atoms with Crippen LogP contribution in [0.4, 0.5) is 0 Å². The Morgan fingerprint density at radius 1 is 1.35 bits per heavy atom. The first-order valence-corrected chi connectivity index (χ1v) is 9.41. The van der Waals surface area contributed by atoms with Gasteiger partial charge in [0.25, 0.3) is 0 Å². The van der Waals surface area contributed by atoms with Crippen LogP contribution < -0.4 is 0 Å². The predicted molar refractivity (Wildman–Crippen MR) is 90.9 cm³/mol. The van der Waals surface area contributed by atoms with E-state index < -0.39 is 5.60 Å². The number of alkyl halides is 1. The molecule has 0 aliphatic heterocycles. The van der Waals surface area contributed by atoms with Crippen LogP contribution in [0.1, 0.15) is 51.9 Å². The largest absolute Gasteiger partial charge is 0.377 e. The Bertz CT molecular complexity index is 618. The minimum atomic E-state index is -1.01. The third-order valence-electron chi connectivity index (χ3n) is 7.62. The zero-order valence-electron chi connectivity index (χ0n) is 13.7. The first kappa shape index (κ1) is 15.7. The zero-order chi connectivity index (χ0) is 16.4. The normalized spacial score (nSPS) is 52.0. The van der Waals surface area contributed by atoms with E-state index in [0.717, 1.165) is 32.1 Å². The van der Waals surface area contributed by atoms with Crippen LogP contribution in [0.25, 0.3) is 0 Å². The fourth-order valence-corrected chi connectivity index (χ4v) is 7.12. The molecule has 0 aromatic carbocycles. The van der Waals surface area contributed by atoms with Crippen molar-refractivity contribution in [1.29, 1.82) is 0 Å². The second-order valence-electron chi connectivity index (χ2n) is 8.40. The van der Waals surface area contributed by atoms with Crippen LogP contribution in [-0.4, -0.2) is 21.9 Å². The Hall–Kier alpha value is -0.780. The molecule has 0 unspecified atom stereocenters. The number of allylic oxidation sites excluding steroid dienone is 1. The molecule has 0 radical (unpaired) electrons. The third-order valence-corrected chi connectivity index (χ3v) is 8.07. The highest BCUT2D eigenvalue weighted by atomic mass is 35.5. The summed E-state index contributed by atoms with van der Waals surface area (Å²) in [5.41, 5.74) is 0.0668. The summed E-state index contributed by atoms with van der Waals surface area (Å²) < 4.78 is 0. The molecule has 7 atom stereocenters. The quantitative estimate of drug-likeness (QED) is 0.542. The van der Waals surface area contributed by atoms with E-state index in [4.69, 9.17) is 18.0 Å². The number of hydrogen-bond acceptors (Lipinski definition) is 2. The van der Waals surface area contributed by atoms with Gasteiger partial charge < -0.3 is 5.11 Å². The predicted octanol–water partition coefficient (Wildman–Crippen LogP) is 3.71. The van der Waals surface area contributed by atoms with Crippen molar-refractivity contribution in [2.75, 3.05) is 0 Å². The Morgan fingerprint density at radius 2 is 2.13 bits per heavy atom. The molecule has 0 saturated heterocycles. The van der Waals surface area contributed by atoms with E-state index >= 15 is 0 Å². The summed E-state index contributed by atoms with van der Waals surface area (Å²) in [7, 11) is 0. The number of carbonyl (C=O) groups is 1. The second kappa shape index (κ2) is 5.11. The summed E-state index contributed by atoms with van der Waals surface area (Å²) in [5.74, 6) is 4.90. The number of hydrogen-bond donors (Lipinski definition) is 1. The highest BCUT2D eigenvalue weighted by Crippen LogP contribution is 2.65. The molecule has 4 aliphatic carbocycles. The van der Waals surface area contributed by atoms with Crippen molar-refractivity contribution in [1.82, 2.24) is 0 Å². The van der Waals surface area contributed by atoms with Crippen molar-refractivity contribution in [3.63, 3.8) is 0 Å². The van der Waals surface area contributed by atoms with E-state index in [9.17, 15) is 9.90 Å². The summed E-state index contributed by atoms with van der Waals surface area (Å²) >= 11 is 6.90. The monoisotopic (exact) mass is 332 g/mol. The van der Waals surface area contributed by atoms with Crippen LogP contribution >= 0.6 is 11.6 Å². The minimum absolute atomic E-state index is 0.0427. The van der Waals surface area contributed by atoms with Gasteiger partial charge in [-0.15, -0.1) is 18.0 Å². The fraction of sp³-hybridized carbons (Fsp3) is 0.750. The fourth-order valence-electron chi connectivity index (χ4n) is 6.44. The van der Waals surface area contributed by atoms with Crippen molar-refractivity contribution in [3.05, 3.63) is 11.6 Å². The molecule has 2 nitrogen and oxygen atoms in total. The number of fused-ring (bicyclic) bond motifs is 5. The first-order valence-electron chi connectivity index (χ1n) is 8.97. The smallest absolute Gasteiger partial charge is 0.155 e. The van der Waals surface area contributed by atoms with Crippen LogP contribution in [0.5, 0.6) is 0 Å². The molecule has 3 heteroatoms. The van der Waals surface area contributed by atoms with Gasteiger partial charge in [-0.05, 0) is 68.3 Å². The molecule has 0 aromatic heterocycles. The summed E-state index contributed by atoms with van der Waals surface area (Å²) in [6.07, 6.45) is 13.8. The van der Waals surface area contributed by atoms with Crippen LogP contribution in [0.3, 0.4) is 0 Å². The van der Waals surface area contributed by atoms with Crippen LogP contribution in [-0.2, 0) is 4.79 Å². The van der Waals surface area contributed by atoms with Gasteiger partial charge in [0.15, 0.2) is 5.78 Å². The molecule has 0 aromatic rings. The van der Waals surface area contributed by atoms with E-state index in [1.165, 1.54) is 5.57 Å². The molecule has 1 N–H and O–H groups in total. The van der Waals surface area contributed by atoms with E-state index in [-0.39, 0.29) is 16.6 Å². The topological polar surface area (TPSA) is 37.3 Å². The van der Waals surface area contributed by atoms with E-state index in [1.54, 1.807) is 0 Å². The van der Waals surface area contributed by atoms with Crippen molar-refractivity contribution < 1.29 is 9.90 Å². The van der Waals surface area contributed by atoms with E-state index in [2.05, 4.69) is 12.8 Å². The molecule has 4 aliphatic rings. The second-order valence-corrected chi connectivity index (χ2v) is 8.96. The molecular weight excluding hydrogens is 308 g/mol. The summed E-state index contributed by atoms with van der Waals surface area (Å²) in [4.78, 5) is 11.8. The first-order chi connectivity index (χ1) is 10.9. The van der Waals surface area contributed by atoms with Gasteiger partial charge in [0, 0.05) is 17.2 Å². The molecule has 23 heavy (non-hydrogen) atoms. The molecular formula is C20H25ClO2. The van der Waals surface area contributed by atoms with Gasteiger partial charge in [-0.3, -0.25) is 4.79 Å². The number of carbonyl (C=O) groups excluding carboxylic acids is 1. The number of ketones is 1. The van der Waals surface area contributed by atoms with Gasteiger partial charge in [-0.1, -0.05) is 18.4 Å². The standard InChI is InChI=1S/C20H25ClO2/c1-3-20(23)9-8-16-15-6-4-12-10-13(22)5-7-14(12)18(15)17(21)11-19(16,20)2/h1,10,14-18,23H,4-9,11H2,2H3/t14-,15-,16-,17-,18+,19-,20-/m0/s1. The van der Waals surface area contributed by atoms with Gasteiger partial charge in [-0.25, -0.2) is 0 Å². The Labute approximate surface area is 143 Å². The summed E-state index contributed by atoms with van der Waals surface area (Å²) in [5, 5.41) is 11.0. The highest BCUT2D eigenvalue weighted by Gasteiger charge is 2.64. The molecule has 0 spiro atoms. The van der Waals surface area contributed by atoms with Gasteiger partial charge in [0.1, 0.15) is 5.60 Å². The lowest BCUT2D eigenvalue weighted by Crippen LogP contribution is -2.56. The highest BCUT2D eigenvalue weighted by molar-refractivity contribution is 6.21. The SMILES string of the molecule is C#C[C@]1(O)CC[C@H]2[C@@H]3CCC4=CC(=O)CC[C@@H]4[C@H]3[C@@H](Cl)C[C@@]21C. The van der Waals surface area contributed by atoms with Gasteiger partial charge in [0.2, 0.25) is 0 Å². The lowest BCUT2D eigenvalue weighted by molar-refractivity contribution is -0.116. The average molecular weight is 333 g/mol. The maximum absolute atomic E-state index is 11.8.